The van der Waals surface area contributed by atoms with Crippen molar-refractivity contribution in [1.29, 1.82) is 0 Å². The zero-order valence-corrected chi connectivity index (χ0v) is 12.6. The molecule has 0 radical (unpaired) electrons. The third kappa shape index (κ3) is 5.51. The predicted molar refractivity (Wildman–Crippen MR) is 78.6 cm³/mol. The van der Waals surface area contributed by atoms with Gasteiger partial charge in [0.1, 0.15) is 11.5 Å². The standard InChI is InChI=1S/C16H24O4/c1-4-6-8-19-14-10-13(16(17)18-3)11-15(12-14)20-9-7-5-2/h10-12H,4-9H2,1-3H3. The molecule has 0 spiro atoms. The third-order valence-corrected chi connectivity index (χ3v) is 2.83. The molecule has 1 aromatic rings. The number of esters is 1. The van der Waals surface area contributed by atoms with Crippen LogP contribution in [0.3, 0.4) is 0 Å². The molecule has 0 atom stereocenters. The van der Waals surface area contributed by atoms with Gasteiger partial charge in [0.25, 0.3) is 0 Å². The minimum atomic E-state index is -0.383. The molecule has 4 heteroatoms. The van der Waals surface area contributed by atoms with Crippen LogP contribution < -0.4 is 9.47 Å². The molecule has 0 amide bonds. The fraction of sp³-hybridized carbons (Fsp3) is 0.562. The van der Waals surface area contributed by atoms with E-state index in [-0.39, 0.29) is 5.97 Å². The van der Waals surface area contributed by atoms with Gasteiger partial charge in [-0.15, -0.1) is 0 Å². The molecule has 0 saturated carbocycles. The lowest BCUT2D eigenvalue weighted by atomic mass is 10.2. The summed E-state index contributed by atoms with van der Waals surface area (Å²) in [6.07, 6.45) is 4.09. The summed E-state index contributed by atoms with van der Waals surface area (Å²) in [4.78, 5) is 11.6. The third-order valence-electron chi connectivity index (χ3n) is 2.83. The van der Waals surface area contributed by atoms with Gasteiger partial charge in [-0.2, -0.15) is 0 Å². The molecule has 0 aliphatic rings. The van der Waals surface area contributed by atoms with Crippen molar-refractivity contribution in [2.24, 2.45) is 0 Å². The smallest absolute Gasteiger partial charge is 0.338 e. The first-order valence-electron chi connectivity index (χ1n) is 7.20. The summed E-state index contributed by atoms with van der Waals surface area (Å²) in [7, 11) is 1.37. The summed E-state index contributed by atoms with van der Waals surface area (Å²) < 4.78 is 16.0. The molecule has 0 unspecified atom stereocenters. The molecule has 0 aliphatic carbocycles. The Balaban J connectivity index is 2.80. The van der Waals surface area contributed by atoms with Crippen molar-refractivity contribution in [2.45, 2.75) is 39.5 Å². The number of hydrogen-bond acceptors (Lipinski definition) is 4. The largest absolute Gasteiger partial charge is 0.493 e. The molecule has 112 valence electrons. The molecule has 1 aromatic carbocycles. The molecular formula is C16H24O4. The number of hydrogen-bond donors (Lipinski definition) is 0. The fourth-order valence-electron chi connectivity index (χ4n) is 1.64. The minimum Gasteiger partial charge on any atom is -0.493 e. The fourth-order valence-corrected chi connectivity index (χ4v) is 1.64. The van der Waals surface area contributed by atoms with Crippen LogP contribution in [0.5, 0.6) is 11.5 Å². The first-order chi connectivity index (χ1) is 9.71. The van der Waals surface area contributed by atoms with Crippen LogP contribution in [0.25, 0.3) is 0 Å². The number of unbranched alkanes of at least 4 members (excludes halogenated alkanes) is 2. The predicted octanol–water partition coefficient (Wildman–Crippen LogP) is 3.83. The Labute approximate surface area is 121 Å². The maximum atomic E-state index is 11.6. The normalized spacial score (nSPS) is 10.2. The van der Waals surface area contributed by atoms with Crippen molar-refractivity contribution < 1.29 is 19.0 Å². The molecule has 0 heterocycles. The van der Waals surface area contributed by atoms with E-state index in [1.165, 1.54) is 7.11 Å². The Kier molecular flexibility index (Phi) is 7.55. The number of carbonyl (C=O) groups excluding carboxylic acids is 1. The van der Waals surface area contributed by atoms with E-state index >= 15 is 0 Å². The van der Waals surface area contributed by atoms with E-state index in [2.05, 4.69) is 13.8 Å². The SMILES string of the molecule is CCCCOc1cc(OCCCC)cc(C(=O)OC)c1. The first-order valence-corrected chi connectivity index (χ1v) is 7.20. The van der Waals surface area contributed by atoms with Crippen molar-refractivity contribution >= 4 is 5.97 Å². The zero-order chi connectivity index (χ0) is 14.8. The molecule has 0 saturated heterocycles. The van der Waals surface area contributed by atoms with Crippen LogP contribution in [0.4, 0.5) is 0 Å². The van der Waals surface area contributed by atoms with Gasteiger partial charge in [-0.3, -0.25) is 0 Å². The molecule has 20 heavy (non-hydrogen) atoms. The summed E-state index contributed by atoms with van der Waals surface area (Å²) in [5, 5.41) is 0. The Morgan fingerprint density at radius 2 is 1.45 bits per heavy atom. The highest BCUT2D eigenvalue weighted by Gasteiger charge is 2.10. The molecule has 0 bridgehead atoms. The van der Waals surface area contributed by atoms with Gasteiger partial charge in [-0.05, 0) is 25.0 Å². The molecule has 0 aromatic heterocycles. The topological polar surface area (TPSA) is 44.8 Å². The van der Waals surface area contributed by atoms with Crippen LogP contribution in [0.15, 0.2) is 18.2 Å². The number of carbonyl (C=O) groups is 1. The quantitative estimate of drug-likeness (QED) is 0.509. The minimum absolute atomic E-state index is 0.383. The van der Waals surface area contributed by atoms with Crippen LogP contribution in [0.2, 0.25) is 0 Å². The second-order valence-electron chi connectivity index (χ2n) is 4.59. The number of rotatable bonds is 9. The van der Waals surface area contributed by atoms with Gasteiger partial charge in [0, 0.05) is 6.07 Å². The maximum absolute atomic E-state index is 11.6. The van der Waals surface area contributed by atoms with E-state index in [0.29, 0.717) is 30.3 Å². The lowest BCUT2D eigenvalue weighted by Gasteiger charge is -2.11. The van der Waals surface area contributed by atoms with Crippen molar-refractivity contribution in [3.8, 4) is 11.5 Å². The van der Waals surface area contributed by atoms with Crippen LogP contribution in [0.1, 0.15) is 49.9 Å². The van der Waals surface area contributed by atoms with Gasteiger partial charge in [0.15, 0.2) is 0 Å². The Morgan fingerprint density at radius 3 is 1.85 bits per heavy atom. The van der Waals surface area contributed by atoms with Crippen molar-refractivity contribution in [1.82, 2.24) is 0 Å². The average Bonchev–Trinajstić information content (AvgIpc) is 2.47. The van der Waals surface area contributed by atoms with Crippen LogP contribution in [-0.2, 0) is 4.74 Å². The Hall–Kier alpha value is -1.71. The molecule has 0 fully saturated rings. The summed E-state index contributed by atoms with van der Waals surface area (Å²) in [6, 6.07) is 5.19. The maximum Gasteiger partial charge on any atom is 0.338 e. The second-order valence-corrected chi connectivity index (χ2v) is 4.59. The molecule has 0 aliphatic heterocycles. The summed E-state index contributed by atoms with van der Waals surface area (Å²) in [5.41, 5.74) is 0.452. The summed E-state index contributed by atoms with van der Waals surface area (Å²) in [6.45, 7) is 5.48. The van der Waals surface area contributed by atoms with E-state index < -0.39 is 0 Å². The van der Waals surface area contributed by atoms with E-state index in [0.717, 1.165) is 25.7 Å². The summed E-state index contributed by atoms with van der Waals surface area (Å²) in [5.74, 6) is 0.909. The Bertz CT molecular complexity index is 387. The monoisotopic (exact) mass is 280 g/mol. The average molecular weight is 280 g/mol. The van der Waals surface area contributed by atoms with E-state index in [1.807, 2.05) is 6.07 Å². The molecule has 1 rings (SSSR count). The summed E-state index contributed by atoms with van der Waals surface area (Å²) >= 11 is 0. The van der Waals surface area contributed by atoms with Gasteiger partial charge < -0.3 is 14.2 Å². The van der Waals surface area contributed by atoms with Crippen molar-refractivity contribution in [3.05, 3.63) is 23.8 Å². The van der Waals surface area contributed by atoms with Crippen molar-refractivity contribution in [2.75, 3.05) is 20.3 Å². The van der Waals surface area contributed by atoms with Gasteiger partial charge in [-0.25, -0.2) is 4.79 Å². The number of methoxy groups -OCH3 is 1. The highest BCUT2D eigenvalue weighted by molar-refractivity contribution is 5.90. The van der Waals surface area contributed by atoms with Gasteiger partial charge in [0.2, 0.25) is 0 Å². The second kappa shape index (κ2) is 9.23. The van der Waals surface area contributed by atoms with Gasteiger partial charge >= 0.3 is 5.97 Å². The molecule has 0 N–H and O–H groups in total. The van der Waals surface area contributed by atoms with E-state index in [4.69, 9.17) is 14.2 Å². The van der Waals surface area contributed by atoms with Crippen LogP contribution >= 0.6 is 0 Å². The van der Waals surface area contributed by atoms with E-state index in [9.17, 15) is 4.79 Å². The lowest BCUT2D eigenvalue weighted by molar-refractivity contribution is 0.0599. The van der Waals surface area contributed by atoms with E-state index in [1.54, 1.807) is 12.1 Å². The zero-order valence-electron chi connectivity index (χ0n) is 12.6. The first kappa shape index (κ1) is 16.3. The highest BCUT2D eigenvalue weighted by atomic mass is 16.5. The number of ether oxygens (including phenoxy) is 3. The van der Waals surface area contributed by atoms with Gasteiger partial charge in [0.05, 0.1) is 25.9 Å². The lowest BCUT2D eigenvalue weighted by Crippen LogP contribution is -2.05. The molecular weight excluding hydrogens is 256 g/mol. The highest BCUT2D eigenvalue weighted by Crippen LogP contribution is 2.24. The van der Waals surface area contributed by atoms with Crippen LogP contribution in [0, 0.1) is 0 Å². The molecule has 4 nitrogen and oxygen atoms in total. The Morgan fingerprint density at radius 1 is 0.950 bits per heavy atom. The van der Waals surface area contributed by atoms with Gasteiger partial charge in [-0.1, -0.05) is 26.7 Å². The number of benzene rings is 1. The van der Waals surface area contributed by atoms with Crippen molar-refractivity contribution in [3.63, 3.8) is 0 Å². The van der Waals surface area contributed by atoms with Crippen LogP contribution in [-0.4, -0.2) is 26.3 Å².